The Morgan fingerprint density at radius 2 is 1.77 bits per heavy atom. The minimum absolute atomic E-state index is 0.0115. The zero-order valence-corrected chi connectivity index (χ0v) is 15.2. The van der Waals surface area contributed by atoms with E-state index in [-0.39, 0.29) is 24.5 Å². The first-order valence-corrected chi connectivity index (χ1v) is 9.23. The third-order valence-electron chi connectivity index (χ3n) is 4.67. The lowest BCUT2D eigenvalue weighted by molar-refractivity contribution is -0.116. The molecule has 1 aliphatic heterocycles. The van der Waals surface area contributed by atoms with Crippen molar-refractivity contribution in [1.29, 1.82) is 0 Å². The summed E-state index contributed by atoms with van der Waals surface area (Å²) in [6.45, 7) is 3.91. The minimum Gasteiger partial charge on any atom is -0.355 e. The van der Waals surface area contributed by atoms with Crippen molar-refractivity contribution < 1.29 is 9.59 Å². The number of hydrogen-bond acceptors (Lipinski definition) is 4. The molecule has 2 aromatic rings. The van der Waals surface area contributed by atoms with E-state index in [2.05, 4.69) is 15.2 Å². The molecule has 3 rings (SSSR count). The number of Topliss-reactive ketones (excluding diaryl/α,β-unsaturated/α-hetero) is 1. The van der Waals surface area contributed by atoms with Crippen LogP contribution in [0.3, 0.4) is 0 Å². The van der Waals surface area contributed by atoms with Crippen LogP contribution in [0.5, 0.6) is 0 Å². The molecular weight excluding hydrogens is 326 g/mol. The number of pyridine rings is 1. The van der Waals surface area contributed by atoms with Gasteiger partial charge in [-0.25, -0.2) is 4.98 Å². The van der Waals surface area contributed by atoms with Crippen LogP contribution in [0.25, 0.3) is 0 Å². The number of carbonyl (C=O) groups excluding carboxylic acids is 2. The molecule has 0 bridgehead atoms. The number of aromatic nitrogens is 1. The summed E-state index contributed by atoms with van der Waals surface area (Å²) < 4.78 is 0. The number of anilines is 2. The molecule has 2 heterocycles. The van der Waals surface area contributed by atoms with E-state index in [9.17, 15) is 9.59 Å². The second-order valence-corrected chi connectivity index (χ2v) is 6.76. The molecule has 1 N–H and O–H groups in total. The molecule has 1 fully saturated rings. The van der Waals surface area contributed by atoms with Gasteiger partial charge >= 0.3 is 0 Å². The van der Waals surface area contributed by atoms with Crippen LogP contribution in [0.1, 0.15) is 48.0 Å². The lowest BCUT2D eigenvalue weighted by Gasteiger charge is -2.29. The van der Waals surface area contributed by atoms with Crippen LogP contribution in [0.15, 0.2) is 42.6 Å². The number of carbonyl (C=O) groups is 2. The van der Waals surface area contributed by atoms with Crippen LogP contribution < -0.4 is 10.2 Å². The minimum atomic E-state index is -0.156. The fourth-order valence-corrected chi connectivity index (χ4v) is 3.18. The van der Waals surface area contributed by atoms with Gasteiger partial charge in [-0.2, -0.15) is 0 Å². The van der Waals surface area contributed by atoms with Gasteiger partial charge in [0, 0.05) is 37.7 Å². The number of hydrogen-bond donors (Lipinski definition) is 1. The van der Waals surface area contributed by atoms with Gasteiger partial charge < -0.3 is 10.2 Å². The number of nitrogens with zero attached hydrogens (tertiary/aromatic N) is 2. The number of nitrogens with one attached hydrogen (secondary N) is 1. The van der Waals surface area contributed by atoms with Crippen LogP contribution in [-0.2, 0) is 4.79 Å². The Bertz CT molecular complexity index is 765. The van der Waals surface area contributed by atoms with E-state index >= 15 is 0 Å². The maximum atomic E-state index is 12.3. The van der Waals surface area contributed by atoms with Crippen LogP contribution in [0.2, 0.25) is 0 Å². The maximum Gasteiger partial charge on any atom is 0.224 e. The quantitative estimate of drug-likeness (QED) is 0.800. The molecule has 0 atom stereocenters. The molecule has 26 heavy (non-hydrogen) atoms. The summed E-state index contributed by atoms with van der Waals surface area (Å²) in [5.74, 6) is 0.657. The van der Waals surface area contributed by atoms with Crippen LogP contribution in [0, 0.1) is 6.92 Å². The molecular formula is C21H25N3O2. The molecule has 0 spiro atoms. The monoisotopic (exact) mass is 351 g/mol. The molecule has 1 aromatic carbocycles. The standard InChI is InChI=1S/C21H25N3O2/c1-16-7-9-17(10-8-16)19(25)11-12-20(26)23-18-6-5-13-22-21(18)24-14-3-2-4-15-24/h5-10,13H,2-4,11-12,14-15H2,1H3,(H,23,26). The zero-order chi connectivity index (χ0) is 18.4. The summed E-state index contributed by atoms with van der Waals surface area (Å²) in [6, 6.07) is 11.1. The average Bonchev–Trinajstić information content (AvgIpc) is 2.68. The Labute approximate surface area is 154 Å². The van der Waals surface area contributed by atoms with E-state index in [4.69, 9.17) is 0 Å². The average molecular weight is 351 g/mol. The third kappa shape index (κ3) is 4.69. The van der Waals surface area contributed by atoms with Crippen LogP contribution in [0.4, 0.5) is 11.5 Å². The topological polar surface area (TPSA) is 62.3 Å². The highest BCUT2D eigenvalue weighted by Gasteiger charge is 2.17. The summed E-state index contributed by atoms with van der Waals surface area (Å²) >= 11 is 0. The number of ketones is 1. The summed E-state index contributed by atoms with van der Waals surface area (Å²) in [5.41, 5.74) is 2.49. The third-order valence-corrected chi connectivity index (χ3v) is 4.67. The number of rotatable bonds is 6. The fraction of sp³-hybridized carbons (Fsp3) is 0.381. The van der Waals surface area contributed by atoms with Crippen molar-refractivity contribution in [3.8, 4) is 0 Å². The van der Waals surface area contributed by atoms with Gasteiger partial charge in [-0.1, -0.05) is 29.8 Å². The lowest BCUT2D eigenvalue weighted by atomic mass is 10.0. The smallest absolute Gasteiger partial charge is 0.224 e. The second-order valence-electron chi connectivity index (χ2n) is 6.76. The van der Waals surface area contributed by atoms with Crippen molar-refractivity contribution in [3.05, 3.63) is 53.7 Å². The number of benzene rings is 1. The van der Waals surface area contributed by atoms with Crippen molar-refractivity contribution in [2.45, 2.75) is 39.0 Å². The Morgan fingerprint density at radius 3 is 2.50 bits per heavy atom. The van der Waals surface area contributed by atoms with Gasteiger partial charge in [-0.15, -0.1) is 0 Å². The second kappa shape index (κ2) is 8.61. The highest BCUT2D eigenvalue weighted by Crippen LogP contribution is 2.26. The maximum absolute atomic E-state index is 12.3. The number of amides is 1. The van der Waals surface area contributed by atoms with E-state index in [0.717, 1.165) is 43.0 Å². The Hall–Kier alpha value is -2.69. The SMILES string of the molecule is Cc1ccc(C(=O)CCC(=O)Nc2cccnc2N2CCCCC2)cc1. The molecule has 0 unspecified atom stereocenters. The molecule has 5 heteroatoms. The predicted octanol–water partition coefficient (Wildman–Crippen LogP) is 3.98. The summed E-state index contributed by atoms with van der Waals surface area (Å²) in [5, 5.41) is 2.93. The molecule has 5 nitrogen and oxygen atoms in total. The van der Waals surface area contributed by atoms with E-state index in [1.165, 1.54) is 6.42 Å². The number of piperidine rings is 1. The van der Waals surface area contributed by atoms with Crippen molar-refractivity contribution in [1.82, 2.24) is 4.98 Å². The van der Waals surface area contributed by atoms with Crippen molar-refractivity contribution in [2.24, 2.45) is 0 Å². The van der Waals surface area contributed by atoms with Crippen molar-refractivity contribution in [3.63, 3.8) is 0 Å². The normalized spacial score (nSPS) is 14.1. The first-order valence-electron chi connectivity index (χ1n) is 9.23. The Balaban J connectivity index is 1.58. The predicted molar refractivity (Wildman–Crippen MR) is 104 cm³/mol. The Kier molecular flexibility index (Phi) is 6.00. The molecule has 1 aromatic heterocycles. The van der Waals surface area contributed by atoms with Gasteiger partial charge in [0.05, 0.1) is 5.69 Å². The summed E-state index contributed by atoms with van der Waals surface area (Å²) in [4.78, 5) is 31.2. The summed E-state index contributed by atoms with van der Waals surface area (Å²) in [6.07, 6.45) is 5.66. The van der Waals surface area contributed by atoms with Crippen LogP contribution >= 0.6 is 0 Å². The first kappa shape index (κ1) is 18.1. The van der Waals surface area contributed by atoms with E-state index < -0.39 is 0 Å². The highest BCUT2D eigenvalue weighted by molar-refractivity contribution is 6.00. The van der Waals surface area contributed by atoms with Gasteiger partial charge in [0.25, 0.3) is 0 Å². The number of aryl methyl sites for hydroxylation is 1. The molecule has 1 aliphatic rings. The van der Waals surface area contributed by atoms with Gasteiger partial charge in [-0.3, -0.25) is 9.59 Å². The van der Waals surface area contributed by atoms with Crippen molar-refractivity contribution in [2.75, 3.05) is 23.3 Å². The largest absolute Gasteiger partial charge is 0.355 e. The molecule has 0 saturated carbocycles. The fourth-order valence-electron chi connectivity index (χ4n) is 3.18. The van der Waals surface area contributed by atoms with Gasteiger partial charge in [0.15, 0.2) is 11.6 Å². The Morgan fingerprint density at radius 1 is 1.04 bits per heavy atom. The van der Waals surface area contributed by atoms with Gasteiger partial charge in [-0.05, 0) is 38.3 Å². The lowest BCUT2D eigenvalue weighted by Crippen LogP contribution is -2.31. The van der Waals surface area contributed by atoms with Gasteiger partial charge in [0.2, 0.25) is 5.91 Å². The zero-order valence-electron chi connectivity index (χ0n) is 15.2. The van der Waals surface area contributed by atoms with Gasteiger partial charge in [0.1, 0.15) is 0 Å². The molecule has 0 radical (unpaired) electrons. The molecule has 1 amide bonds. The molecule has 136 valence electrons. The summed E-state index contributed by atoms with van der Waals surface area (Å²) in [7, 11) is 0. The van der Waals surface area contributed by atoms with E-state index in [1.54, 1.807) is 6.20 Å². The highest BCUT2D eigenvalue weighted by atomic mass is 16.2. The van der Waals surface area contributed by atoms with E-state index in [1.807, 2.05) is 43.3 Å². The first-order chi connectivity index (χ1) is 12.6. The van der Waals surface area contributed by atoms with Crippen molar-refractivity contribution >= 4 is 23.2 Å². The van der Waals surface area contributed by atoms with E-state index in [0.29, 0.717) is 5.56 Å². The van der Waals surface area contributed by atoms with Crippen LogP contribution in [-0.4, -0.2) is 29.8 Å². The molecule has 1 saturated heterocycles. The molecule has 0 aliphatic carbocycles.